The Kier molecular flexibility index (Phi) is 5.83. The fraction of sp³-hybridized carbons (Fsp3) is 0.158. The molecule has 10 heteroatoms. The van der Waals surface area contributed by atoms with Crippen molar-refractivity contribution in [3.05, 3.63) is 72.7 Å². The van der Waals surface area contributed by atoms with Gasteiger partial charge in [0.1, 0.15) is 11.6 Å². The van der Waals surface area contributed by atoms with Crippen LogP contribution < -0.4 is 10.3 Å². The first-order valence-electron chi connectivity index (χ1n) is 8.52. The van der Waals surface area contributed by atoms with Crippen LogP contribution in [0.25, 0.3) is 10.9 Å². The molecule has 3 aromatic rings. The fourth-order valence-corrected chi connectivity index (χ4v) is 3.02. The molecule has 29 heavy (non-hydrogen) atoms. The van der Waals surface area contributed by atoms with Crippen molar-refractivity contribution in [3.8, 4) is 5.75 Å². The Morgan fingerprint density at radius 2 is 2.10 bits per heavy atom. The largest absolute Gasteiger partial charge is 0.426 e. The number of ether oxygens (including phenoxy) is 1. The third kappa shape index (κ3) is 4.37. The molecule has 0 unspecified atom stereocenters. The van der Waals surface area contributed by atoms with Crippen LogP contribution >= 0.6 is 15.9 Å². The Labute approximate surface area is 172 Å². The van der Waals surface area contributed by atoms with E-state index in [1.807, 2.05) is 6.92 Å². The molecule has 0 aliphatic heterocycles. The molecule has 0 aliphatic rings. The second-order valence-corrected chi connectivity index (χ2v) is 6.89. The summed E-state index contributed by atoms with van der Waals surface area (Å²) in [6.45, 7) is 3.04. The number of halogens is 1. The first kappa shape index (κ1) is 20.3. The molecule has 0 saturated carbocycles. The zero-order valence-corrected chi connectivity index (χ0v) is 17.0. The summed E-state index contributed by atoms with van der Waals surface area (Å²) in [6, 6.07) is 8.90. The van der Waals surface area contributed by atoms with Crippen LogP contribution in [0.3, 0.4) is 0 Å². The standard InChI is InChI=1S/C19H15BrN4O5/c1-3-18-22-16-6-4-13(20)9-15(16)19(26)23(18)21-10-12-8-14(24(27)28)5-7-17(12)29-11(2)25/h4-10H,3H2,1-2H3. The maximum Gasteiger partial charge on any atom is 0.308 e. The summed E-state index contributed by atoms with van der Waals surface area (Å²) in [4.78, 5) is 39.2. The SMILES string of the molecule is CCc1nc2ccc(Br)cc2c(=O)n1N=Cc1cc([N+](=O)[O-])ccc1OC(C)=O. The zero-order chi connectivity index (χ0) is 21.1. The van der Waals surface area contributed by atoms with E-state index in [1.165, 1.54) is 31.3 Å². The van der Waals surface area contributed by atoms with Gasteiger partial charge in [-0.1, -0.05) is 22.9 Å². The minimum atomic E-state index is -0.586. The van der Waals surface area contributed by atoms with E-state index in [0.717, 1.165) is 9.15 Å². The quantitative estimate of drug-likeness (QED) is 0.190. The van der Waals surface area contributed by atoms with Gasteiger partial charge < -0.3 is 4.74 Å². The van der Waals surface area contributed by atoms with E-state index in [4.69, 9.17) is 4.74 Å². The molecule has 0 atom stereocenters. The van der Waals surface area contributed by atoms with Crippen molar-refractivity contribution in [2.75, 3.05) is 0 Å². The predicted molar refractivity (Wildman–Crippen MR) is 110 cm³/mol. The van der Waals surface area contributed by atoms with E-state index < -0.39 is 10.9 Å². The lowest BCUT2D eigenvalue weighted by molar-refractivity contribution is -0.384. The van der Waals surface area contributed by atoms with Crippen molar-refractivity contribution in [1.29, 1.82) is 0 Å². The van der Waals surface area contributed by atoms with Crippen LogP contribution in [0.1, 0.15) is 25.2 Å². The smallest absolute Gasteiger partial charge is 0.308 e. The highest BCUT2D eigenvalue weighted by Crippen LogP contribution is 2.23. The van der Waals surface area contributed by atoms with E-state index in [9.17, 15) is 19.7 Å². The monoisotopic (exact) mass is 458 g/mol. The summed E-state index contributed by atoms with van der Waals surface area (Å²) in [5, 5.41) is 15.6. The molecule has 0 radical (unpaired) electrons. The molecular formula is C19H15BrN4O5. The van der Waals surface area contributed by atoms with Crippen molar-refractivity contribution in [2.24, 2.45) is 5.10 Å². The van der Waals surface area contributed by atoms with E-state index in [0.29, 0.717) is 23.1 Å². The molecule has 0 N–H and O–H groups in total. The van der Waals surface area contributed by atoms with Crippen LogP contribution in [-0.4, -0.2) is 26.8 Å². The minimum absolute atomic E-state index is 0.0921. The van der Waals surface area contributed by atoms with Gasteiger partial charge >= 0.3 is 5.97 Å². The van der Waals surface area contributed by atoms with Crippen LogP contribution in [0, 0.1) is 10.1 Å². The number of nitrogens with zero attached hydrogens (tertiary/aromatic N) is 4. The van der Waals surface area contributed by atoms with Gasteiger partial charge in [0.15, 0.2) is 0 Å². The highest BCUT2D eigenvalue weighted by Gasteiger charge is 2.14. The van der Waals surface area contributed by atoms with Crippen molar-refractivity contribution < 1.29 is 14.5 Å². The number of hydrogen-bond donors (Lipinski definition) is 0. The number of nitro benzene ring substituents is 1. The molecule has 0 saturated heterocycles. The van der Waals surface area contributed by atoms with E-state index >= 15 is 0 Å². The molecule has 3 rings (SSSR count). The van der Waals surface area contributed by atoms with E-state index in [1.54, 1.807) is 18.2 Å². The Hall–Kier alpha value is -3.40. The maximum absolute atomic E-state index is 12.9. The van der Waals surface area contributed by atoms with Crippen molar-refractivity contribution in [1.82, 2.24) is 9.66 Å². The summed E-state index contributed by atoms with van der Waals surface area (Å²) in [6.07, 6.45) is 1.67. The predicted octanol–water partition coefficient (Wildman–Crippen LogP) is 3.44. The van der Waals surface area contributed by atoms with Crippen LogP contribution in [-0.2, 0) is 11.2 Å². The van der Waals surface area contributed by atoms with Gasteiger partial charge in [0.2, 0.25) is 0 Å². The lowest BCUT2D eigenvalue weighted by Gasteiger charge is -2.08. The van der Waals surface area contributed by atoms with Gasteiger partial charge in [-0.2, -0.15) is 9.78 Å². The minimum Gasteiger partial charge on any atom is -0.426 e. The topological polar surface area (TPSA) is 117 Å². The average Bonchev–Trinajstić information content (AvgIpc) is 2.67. The van der Waals surface area contributed by atoms with Gasteiger partial charge in [0.05, 0.1) is 22.0 Å². The molecule has 0 spiro atoms. The number of aryl methyl sites for hydroxylation is 1. The maximum atomic E-state index is 12.9. The molecule has 1 heterocycles. The number of carbonyl (C=O) groups is 1. The summed E-state index contributed by atoms with van der Waals surface area (Å²) in [5.74, 6) is -0.0767. The van der Waals surface area contributed by atoms with Crippen LogP contribution in [0.15, 0.2) is 50.8 Å². The summed E-state index contributed by atoms with van der Waals surface area (Å²) in [5.41, 5.74) is 0.130. The Balaban J connectivity index is 2.16. The summed E-state index contributed by atoms with van der Waals surface area (Å²) >= 11 is 3.33. The first-order chi connectivity index (χ1) is 13.8. The summed E-state index contributed by atoms with van der Waals surface area (Å²) < 4.78 is 6.93. The van der Waals surface area contributed by atoms with E-state index in [2.05, 4.69) is 26.0 Å². The lowest BCUT2D eigenvalue weighted by atomic mass is 10.2. The number of carbonyl (C=O) groups excluding carboxylic acids is 1. The number of nitro groups is 1. The van der Waals surface area contributed by atoms with Crippen molar-refractivity contribution in [2.45, 2.75) is 20.3 Å². The number of benzene rings is 2. The Bertz CT molecular complexity index is 1220. The molecule has 148 valence electrons. The van der Waals surface area contributed by atoms with Crippen molar-refractivity contribution >= 4 is 44.7 Å². The average molecular weight is 459 g/mol. The highest BCUT2D eigenvalue weighted by atomic mass is 79.9. The van der Waals surface area contributed by atoms with E-state index in [-0.39, 0.29) is 22.6 Å². The molecule has 0 amide bonds. The van der Waals surface area contributed by atoms with Gasteiger partial charge in [-0.15, -0.1) is 0 Å². The van der Waals surface area contributed by atoms with Crippen LogP contribution in [0.4, 0.5) is 5.69 Å². The molecule has 9 nitrogen and oxygen atoms in total. The Morgan fingerprint density at radius 1 is 1.34 bits per heavy atom. The van der Waals surface area contributed by atoms with Gasteiger partial charge in [0, 0.05) is 35.5 Å². The summed E-state index contributed by atoms with van der Waals surface area (Å²) in [7, 11) is 0. The number of aromatic nitrogens is 2. The van der Waals surface area contributed by atoms with Gasteiger partial charge in [-0.05, 0) is 24.3 Å². The van der Waals surface area contributed by atoms with Crippen LogP contribution in [0.2, 0.25) is 0 Å². The number of fused-ring (bicyclic) bond motifs is 1. The lowest BCUT2D eigenvalue weighted by Crippen LogP contribution is -2.22. The van der Waals surface area contributed by atoms with Gasteiger partial charge in [-0.3, -0.25) is 19.7 Å². The molecule has 0 fully saturated rings. The number of hydrogen-bond acceptors (Lipinski definition) is 7. The molecule has 1 aromatic heterocycles. The second-order valence-electron chi connectivity index (χ2n) is 5.98. The third-order valence-corrected chi connectivity index (χ3v) is 4.46. The van der Waals surface area contributed by atoms with Gasteiger partial charge in [0.25, 0.3) is 11.2 Å². The first-order valence-corrected chi connectivity index (χ1v) is 9.32. The molecule has 2 aromatic carbocycles. The molecular weight excluding hydrogens is 444 g/mol. The number of esters is 1. The van der Waals surface area contributed by atoms with Crippen molar-refractivity contribution in [3.63, 3.8) is 0 Å². The number of non-ortho nitro benzene ring substituents is 1. The fourth-order valence-electron chi connectivity index (χ4n) is 2.66. The zero-order valence-electron chi connectivity index (χ0n) is 15.5. The molecule has 0 bridgehead atoms. The second kappa shape index (κ2) is 8.31. The normalized spacial score (nSPS) is 11.1. The molecule has 0 aliphatic carbocycles. The number of rotatable bonds is 5. The third-order valence-electron chi connectivity index (χ3n) is 3.96. The van der Waals surface area contributed by atoms with Crippen LogP contribution in [0.5, 0.6) is 5.75 Å². The highest BCUT2D eigenvalue weighted by molar-refractivity contribution is 9.10. The Morgan fingerprint density at radius 3 is 2.76 bits per heavy atom. The van der Waals surface area contributed by atoms with Gasteiger partial charge in [-0.25, -0.2) is 4.98 Å².